The van der Waals surface area contributed by atoms with E-state index in [9.17, 15) is 0 Å². The van der Waals surface area contributed by atoms with Crippen LogP contribution in [0.5, 0.6) is 5.88 Å². The largest absolute Gasteiger partial charge is 0.481 e. The third kappa shape index (κ3) is 4.16. The lowest BCUT2D eigenvalue weighted by Crippen LogP contribution is -2.31. The highest BCUT2D eigenvalue weighted by molar-refractivity contribution is 5.17. The summed E-state index contributed by atoms with van der Waals surface area (Å²) in [5.74, 6) is 0.624. The molecule has 4 nitrogen and oxygen atoms in total. The Morgan fingerprint density at radius 1 is 1.44 bits per heavy atom. The minimum atomic E-state index is -0.0834. The van der Waals surface area contributed by atoms with E-state index >= 15 is 0 Å². The summed E-state index contributed by atoms with van der Waals surface area (Å²) >= 11 is 0. The van der Waals surface area contributed by atoms with Crippen LogP contribution in [0.2, 0.25) is 0 Å². The van der Waals surface area contributed by atoms with Gasteiger partial charge in [-0.3, -0.25) is 0 Å². The van der Waals surface area contributed by atoms with E-state index in [1.54, 1.807) is 13.3 Å². The first kappa shape index (κ1) is 12.9. The SMILES string of the molecule is COc1ccc(CNCC(C)(C)CO)cn1. The van der Waals surface area contributed by atoms with Crippen LogP contribution >= 0.6 is 0 Å². The topological polar surface area (TPSA) is 54.4 Å². The molecule has 0 aliphatic heterocycles. The Labute approximate surface area is 96.7 Å². The summed E-state index contributed by atoms with van der Waals surface area (Å²) in [5, 5.41) is 12.4. The quantitative estimate of drug-likeness (QED) is 0.762. The molecule has 0 atom stereocenters. The number of methoxy groups -OCH3 is 1. The van der Waals surface area contributed by atoms with Crippen LogP contribution in [0.25, 0.3) is 0 Å². The predicted octanol–water partition coefficient (Wildman–Crippen LogP) is 1.20. The maximum atomic E-state index is 9.09. The molecule has 1 rings (SSSR count). The van der Waals surface area contributed by atoms with E-state index in [-0.39, 0.29) is 12.0 Å². The minimum Gasteiger partial charge on any atom is -0.481 e. The number of rotatable bonds is 6. The molecule has 0 aliphatic carbocycles. The van der Waals surface area contributed by atoms with Crippen LogP contribution in [-0.4, -0.2) is 30.4 Å². The van der Waals surface area contributed by atoms with Gasteiger partial charge in [0.15, 0.2) is 0 Å². The third-order valence-electron chi connectivity index (χ3n) is 2.37. The Bertz CT molecular complexity index is 309. The van der Waals surface area contributed by atoms with Crippen LogP contribution in [0.1, 0.15) is 19.4 Å². The molecular formula is C12H20N2O2. The number of hydrogen-bond donors (Lipinski definition) is 2. The number of aliphatic hydroxyl groups excluding tert-OH is 1. The molecule has 1 aromatic rings. The smallest absolute Gasteiger partial charge is 0.212 e. The van der Waals surface area contributed by atoms with Crippen molar-refractivity contribution >= 4 is 0 Å². The molecule has 4 heteroatoms. The maximum absolute atomic E-state index is 9.09. The first-order valence-corrected chi connectivity index (χ1v) is 5.38. The van der Waals surface area contributed by atoms with E-state index in [2.05, 4.69) is 10.3 Å². The molecule has 0 saturated carbocycles. The van der Waals surface area contributed by atoms with E-state index in [1.807, 2.05) is 26.0 Å². The van der Waals surface area contributed by atoms with E-state index in [0.717, 1.165) is 18.7 Å². The van der Waals surface area contributed by atoms with Gasteiger partial charge in [-0.15, -0.1) is 0 Å². The molecule has 0 radical (unpaired) electrons. The number of pyridine rings is 1. The normalized spacial score (nSPS) is 11.5. The molecule has 0 bridgehead atoms. The standard InChI is InChI=1S/C12H20N2O2/c1-12(2,9-15)8-13-6-10-4-5-11(16-3)14-7-10/h4-5,7,13,15H,6,8-9H2,1-3H3. The summed E-state index contributed by atoms with van der Waals surface area (Å²) in [6.45, 7) is 5.75. The number of aromatic nitrogens is 1. The summed E-state index contributed by atoms with van der Waals surface area (Å²) < 4.78 is 4.98. The Balaban J connectivity index is 2.37. The van der Waals surface area contributed by atoms with Crippen LogP contribution in [0.4, 0.5) is 0 Å². The summed E-state index contributed by atoms with van der Waals surface area (Å²) in [7, 11) is 1.60. The fourth-order valence-corrected chi connectivity index (χ4v) is 1.24. The molecule has 1 heterocycles. The fourth-order valence-electron chi connectivity index (χ4n) is 1.24. The monoisotopic (exact) mass is 224 g/mol. The fraction of sp³-hybridized carbons (Fsp3) is 0.583. The van der Waals surface area contributed by atoms with Gasteiger partial charge < -0.3 is 15.2 Å². The first-order valence-electron chi connectivity index (χ1n) is 5.38. The van der Waals surface area contributed by atoms with E-state index in [4.69, 9.17) is 9.84 Å². The Hall–Kier alpha value is -1.13. The van der Waals surface area contributed by atoms with Gasteiger partial charge in [-0.2, -0.15) is 0 Å². The van der Waals surface area contributed by atoms with Crippen molar-refractivity contribution in [3.63, 3.8) is 0 Å². The van der Waals surface area contributed by atoms with Crippen LogP contribution in [0.3, 0.4) is 0 Å². The minimum absolute atomic E-state index is 0.0834. The predicted molar refractivity (Wildman–Crippen MR) is 63.4 cm³/mol. The molecule has 0 saturated heterocycles. The molecule has 0 aromatic carbocycles. The van der Waals surface area contributed by atoms with Crippen molar-refractivity contribution in [2.24, 2.45) is 5.41 Å². The van der Waals surface area contributed by atoms with Gasteiger partial charge in [-0.05, 0) is 5.56 Å². The van der Waals surface area contributed by atoms with Gasteiger partial charge in [0.25, 0.3) is 0 Å². The average Bonchev–Trinajstić information content (AvgIpc) is 2.30. The lowest BCUT2D eigenvalue weighted by Gasteiger charge is -2.21. The Morgan fingerprint density at radius 3 is 2.69 bits per heavy atom. The number of hydrogen-bond acceptors (Lipinski definition) is 4. The van der Waals surface area contributed by atoms with Crippen LogP contribution < -0.4 is 10.1 Å². The molecule has 0 aliphatic rings. The maximum Gasteiger partial charge on any atom is 0.212 e. The zero-order valence-electron chi connectivity index (χ0n) is 10.2. The van der Waals surface area contributed by atoms with Gasteiger partial charge in [0, 0.05) is 37.4 Å². The second-order valence-electron chi connectivity index (χ2n) is 4.63. The third-order valence-corrected chi connectivity index (χ3v) is 2.37. The number of nitrogens with one attached hydrogen (secondary N) is 1. The Kier molecular flexibility index (Phi) is 4.71. The second kappa shape index (κ2) is 5.82. The molecule has 0 fully saturated rings. The van der Waals surface area contributed by atoms with Gasteiger partial charge in [-0.1, -0.05) is 19.9 Å². The second-order valence-corrected chi connectivity index (χ2v) is 4.63. The highest BCUT2D eigenvalue weighted by Gasteiger charge is 2.15. The van der Waals surface area contributed by atoms with Gasteiger partial charge in [0.05, 0.1) is 7.11 Å². The van der Waals surface area contributed by atoms with Crippen LogP contribution in [-0.2, 0) is 6.54 Å². The van der Waals surface area contributed by atoms with Crippen molar-refractivity contribution in [2.75, 3.05) is 20.3 Å². The first-order chi connectivity index (χ1) is 7.57. The van der Waals surface area contributed by atoms with Crippen molar-refractivity contribution in [3.8, 4) is 5.88 Å². The van der Waals surface area contributed by atoms with Gasteiger partial charge in [0.2, 0.25) is 5.88 Å². The van der Waals surface area contributed by atoms with Gasteiger partial charge >= 0.3 is 0 Å². The summed E-state index contributed by atoms with van der Waals surface area (Å²) in [6.07, 6.45) is 1.79. The molecular weight excluding hydrogens is 204 g/mol. The lowest BCUT2D eigenvalue weighted by atomic mass is 9.95. The highest BCUT2D eigenvalue weighted by atomic mass is 16.5. The lowest BCUT2D eigenvalue weighted by molar-refractivity contribution is 0.156. The van der Waals surface area contributed by atoms with Crippen LogP contribution in [0.15, 0.2) is 18.3 Å². The number of ether oxygens (including phenoxy) is 1. The molecule has 2 N–H and O–H groups in total. The van der Waals surface area contributed by atoms with Crippen molar-refractivity contribution in [2.45, 2.75) is 20.4 Å². The average molecular weight is 224 g/mol. The molecule has 0 unspecified atom stereocenters. The molecule has 1 aromatic heterocycles. The summed E-state index contributed by atoms with van der Waals surface area (Å²) in [4.78, 5) is 4.12. The molecule has 0 spiro atoms. The highest BCUT2D eigenvalue weighted by Crippen LogP contribution is 2.12. The zero-order valence-corrected chi connectivity index (χ0v) is 10.2. The molecule has 90 valence electrons. The summed E-state index contributed by atoms with van der Waals surface area (Å²) in [6, 6.07) is 3.82. The van der Waals surface area contributed by atoms with E-state index in [0.29, 0.717) is 5.88 Å². The molecule has 16 heavy (non-hydrogen) atoms. The summed E-state index contributed by atoms with van der Waals surface area (Å²) in [5.41, 5.74) is 1.02. The van der Waals surface area contributed by atoms with Crippen molar-refractivity contribution in [1.29, 1.82) is 0 Å². The zero-order chi connectivity index (χ0) is 12.0. The number of nitrogens with zero attached hydrogens (tertiary/aromatic N) is 1. The van der Waals surface area contributed by atoms with E-state index < -0.39 is 0 Å². The Morgan fingerprint density at radius 2 is 2.19 bits per heavy atom. The van der Waals surface area contributed by atoms with Gasteiger partial charge in [-0.25, -0.2) is 4.98 Å². The van der Waals surface area contributed by atoms with Crippen molar-refractivity contribution in [3.05, 3.63) is 23.9 Å². The van der Waals surface area contributed by atoms with Crippen LogP contribution in [0, 0.1) is 5.41 Å². The number of aliphatic hydroxyl groups is 1. The van der Waals surface area contributed by atoms with Crippen molar-refractivity contribution < 1.29 is 9.84 Å². The van der Waals surface area contributed by atoms with Gasteiger partial charge in [0.1, 0.15) is 0 Å². The van der Waals surface area contributed by atoms with Crippen molar-refractivity contribution in [1.82, 2.24) is 10.3 Å². The molecule has 0 amide bonds. The van der Waals surface area contributed by atoms with E-state index in [1.165, 1.54) is 0 Å².